The molecule has 0 heterocycles. The van der Waals surface area contributed by atoms with Crippen LogP contribution in [0.1, 0.15) is 28.8 Å². The summed E-state index contributed by atoms with van der Waals surface area (Å²) in [4.78, 5) is 23.4. The molecule has 3 nitrogen and oxygen atoms in total. The minimum absolute atomic E-state index is 0.227. The second kappa shape index (κ2) is 7.24. The summed E-state index contributed by atoms with van der Waals surface area (Å²) in [5, 5.41) is 2.40. The highest BCUT2D eigenvalue weighted by Gasteiger charge is 2.09. The Morgan fingerprint density at radius 2 is 1.45 bits per heavy atom. The summed E-state index contributed by atoms with van der Waals surface area (Å²) in [5.74, 6) is -0.565. The van der Waals surface area contributed by atoms with Crippen molar-refractivity contribution in [2.45, 2.75) is 19.3 Å². The van der Waals surface area contributed by atoms with Gasteiger partial charge >= 0.3 is 0 Å². The molecule has 0 aliphatic carbocycles. The van der Waals surface area contributed by atoms with E-state index in [1.165, 1.54) is 5.56 Å². The first-order valence-corrected chi connectivity index (χ1v) is 6.69. The van der Waals surface area contributed by atoms with Crippen LogP contribution >= 0.6 is 0 Å². The number of nitrogens with one attached hydrogen (secondary N) is 1. The van der Waals surface area contributed by atoms with Crippen LogP contribution in [0.4, 0.5) is 0 Å². The summed E-state index contributed by atoms with van der Waals surface area (Å²) >= 11 is 0. The average Bonchev–Trinajstić information content (AvgIpc) is 2.49. The van der Waals surface area contributed by atoms with Crippen molar-refractivity contribution in [1.29, 1.82) is 0 Å². The predicted molar refractivity (Wildman–Crippen MR) is 78.3 cm³/mol. The van der Waals surface area contributed by atoms with Crippen LogP contribution in [0.25, 0.3) is 0 Å². The van der Waals surface area contributed by atoms with Crippen LogP contribution in [0.15, 0.2) is 60.7 Å². The topological polar surface area (TPSA) is 46.2 Å². The molecule has 2 amide bonds. The Labute approximate surface area is 118 Å². The van der Waals surface area contributed by atoms with Crippen LogP contribution in [0, 0.1) is 0 Å². The molecule has 20 heavy (non-hydrogen) atoms. The third-order valence-corrected chi connectivity index (χ3v) is 3.00. The standard InChI is InChI=1S/C17H17NO2/c19-16(13-7-10-14-8-3-1-4-9-14)18-17(20)15-11-5-2-6-12-15/h1-6,8-9,11-12H,7,10,13H2,(H,18,19,20). The molecule has 0 unspecified atom stereocenters. The van der Waals surface area contributed by atoms with Gasteiger partial charge in [-0.2, -0.15) is 0 Å². The normalized spacial score (nSPS) is 10.0. The largest absolute Gasteiger partial charge is 0.292 e. The third-order valence-electron chi connectivity index (χ3n) is 3.00. The van der Waals surface area contributed by atoms with Gasteiger partial charge in [0.15, 0.2) is 0 Å². The zero-order valence-corrected chi connectivity index (χ0v) is 11.2. The van der Waals surface area contributed by atoms with Crippen LogP contribution in [-0.2, 0) is 11.2 Å². The summed E-state index contributed by atoms with van der Waals surface area (Å²) in [7, 11) is 0. The Bertz CT molecular complexity index is 564. The Hall–Kier alpha value is -2.42. The van der Waals surface area contributed by atoms with Gasteiger partial charge in [0.1, 0.15) is 0 Å². The van der Waals surface area contributed by atoms with Crippen LogP contribution in [-0.4, -0.2) is 11.8 Å². The lowest BCUT2D eigenvalue weighted by Gasteiger charge is -2.04. The van der Waals surface area contributed by atoms with Crippen LogP contribution < -0.4 is 5.32 Å². The summed E-state index contributed by atoms with van der Waals surface area (Å²) in [5.41, 5.74) is 1.71. The van der Waals surface area contributed by atoms with Crippen LogP contribution in [0.5, 0.6) is 0 Å². The number of imide groups is 1. The first-order valence-electron chi connectivity index (χ1n) is 6.69. The molecule has 1 N–H and O–H groups in total. The molecule has 0 fully saturated rings. The van der Waals surface area contributed by atoms with E-state index in [0.717, 1.165) is 12.8 Å². The maximum absolute atomic E-state index is 11.8. The van der Waals surface area contributed by atoms with Gasteiger partial charge in [-0.1, -0.05) is 48.5 Å². The number of amides is 2. The molecule has 0 saturated carbocycles. The van der Waals surface area contributed by atoms with Gasteiger partial charge in [0.25, 0.3) is 5.91 Å². The van der Waals surface area contributed by atoms with E-state index < -0.39 is 0 Å². The number of hydrogen-bond donors (Lipinski definition) is 1. The second-order valence-corrected chi connectivity index (χ2v) is 4.58. The van der Waals surface area contributed by atoms with Gasteiger partial charge in [-0.15, -0.1) is 0 Å². The summed E-state index contributed by atoms with van der Waals surface area (Å²) in [6.45, 7) is 0. The van der Waals surface area contributed by atoms with Gasteiger partial charge in [0.05, 0.1) is 0 Å². The molecule has 2 rings (SSSR count). The maximum atomic E-state index is 11.8. The smallest absolute Gasteiger partial charge is 0.257 e. The Morgan fingerprint density at radius 1 is 0.850 bits per heavy atom. The van der Waals surface area contributed by atoms with Crippen molar-refractivity contribution in [3.8, 4) is 0 Å². The van der Waals surface area contributed by atoms with E-state index in [9.17, 15) is 9.59 Å². The van der Waals surface area contributed by atoms with E-state index in [1.54, 1.807) is 24.3 Å². The monoisotopic (exact) mass is 267 g/mol. The van der Waals surface area contributed by atoms with Crippen molar-refractivity contribution < 1.29 is 9.59 Å². The molecule has 0 bridgehead atoms. The fraction of sp³-hybridized carbons (Fsp3) is 0.176. The molecule has 0 spiro atoms. The van der Waals surface area contributed by atoms with Gasteiger partial charge in [-0.05, 0) is 30.5 Å². The Balaban J connectivity index is 1.74. The lowest BCUT2D eigenvalue weighted by atomic mass is 10.1. The van der Waals surface area contributed by atoms with Crippen molar-refractivity contribution in [3.63, 3.8) is 0 Å². The minimum atomic E-state index is -0.338. The number of carbonyl (C=O) groups excluding carboxylic acids is 2. The average molecular weight is 267 g/mol. The van der Waals surface area contributed by atoms with Crippen molar-refractivity contribution >= 4 is 11.8 Å². The maximum Gasteiger partial charge on any atom is 0.257 e. The Kier molecular flexibility index (Phi) is 5.07. The van der Waals surface area contributed by atoms with Crippen molar-refractivity contribution in [2.75, 3.05) is 0 Å². The fourth-order valence-electron chi connectivity index (χ4n) is 1.95. The molecule has 0 saturated heterocycles. The van der Waals surface area contributed by atoms with E-state index in [-0.39, 0.29) is 11.8 Å². The van der Waals surface area contributed by atoms with Crippen molar-refractivity contribution in [1.82, 2.24) is 5.32 Å². The summed E-state index contributed by atoms with van der Waals surface area (Å²) in [6.07, 6.45) is 1.93. The van der Waals surface area contributed by atoms with Crippen LogP contribution in [0.2, 0.25) is 0 Å². The molecule has 102 valence electrons. The quantitative estimate of drug-likeness (QED) is 0.905. The highest BCUT2D eigenvalue weighted by molar-refractivity contribution is 6.04. The molecule has 0 radical (unpaired) electrons. The number of carbonyl (C=O) groups is 2. The van der Waals surface area contributed by atoms with Crippen molar-refractivity contribution in [2.24, 2.45) is 0 Å². The molecule has 0 aliphatic rings. The van der Waals surface area contributed by atoms with E-state index in [4.69, 9.17) is 0 Å². The number of hydrogen-bond acceptors (Lipinski definition) is 2. The molecule has 2 aromatic rings. The first kappa shape index (κ1) is 14.0. The van der Waals surface area contributed by atoms with Gasteiger partial charge in [-0.25, -0.2) is 0 Å². The van der Waals surface area contributed by atoms with E-state index in [2.05, 4.69) is 5.32 Å². The molecule has 3 heteroatoms. The van der Waals surface area contributed by atoms with Crippen LogP contribution in [0.3, 0.4) is 0 Å². The van der Waals surface area contributed by atoms with E-state index >= 15 is 0 Å². The number of aryl methyl sites for hydroxylation is 1. The van der Waals surface area contributed by atoms with E-state index in [1.807, 2.05) is 36.4 Å². The molecular formula is C17H17NO2. The second-order valence-electron chi connectivity index (χ2n) is 4.58. The fourth-order valence-corrected chi connectivity index (χ4v) is 1.95. The minimum Gasteiger partial charge on any atom is -0.292 e. The Morgan fingerprint density at radius 3 is 2.10 bits per heavy atom. The SMILES string of the molecule is O=C(CCCc1ccccc1)NC(=O)c1ccccc1. The van der Waals surface area contributed by atoms with Crippen molar-refractivity contribution in [3.05, 3.63) is 71.8 Å². The summed E-state index contributed by atoms with van der Waals surface area (Å²) < 4.78 is 0. The van der Waals surface area contributed by atoms with E-state index in [0.29, 0.717) is 12.0 Å². The molecule has 0 atom stereocenters. The zero-order valence-electron chi connectivity index (χ0n) is 11.2. The molecule has 0 aromatic heterocycles. The molecular weight excluding hydrogens is 250 g/mol. The van der Waals surface area contributed by atoms with Gasteiger partial charge in [0, 0.05) is 12.0 Å². The zero-order chi connectivity index (χ0) is 14.2. The highest BCUT2D eigenvalue weighted by atomic mass is 16.2. The predicted octanol–water partition coefficient (Wildman–Crippen LogP) is 2.97. The summed E-state index contributed by atoms with van der Waals surface area (Å²) in [6, 6.07) is 18.7. The van der Waals surface area contributed by atoms with Gasteiger partial charge in [-0.3, -0.25) is 14.9 Å². The van der Waals surface area contributed by atoms with Gasteiger partial charge in [0.2, 0.25) is 5.91 Å². The third kappa shape index (κ3) is 4.35. The number of rotatable bonds is 5. The molecule has 2 aromatic carbocycles. The number of benzene rings is 2. The molecule has 0 aliphatic heterocycles. The van der Waals surface area contributed by atoms with Gasteiger partial charge < -0.3 is 0 Å². The highest BCUT2D eigenvalue weighted by Crippen LogP contribution is 2.05. The lowest BCUT2D eigenvalue weighted by molar-refractivity contribution is -0.120. The lowest BCUT2D eigenvalue weighted by Crippen LogP contribution is -2.30. The first-order chi connectivity index (χ1) is 9.75.